The maximum absolute atomic E-state index is 4.19. The number of para-hydroxylation sites is 2. The molecule has 0 atom stereocenters. The van der Waals surface area contributed by atoms with Crippen LogP contribution in [0.4, 0.5) is 0 Å². The third kappa shape index (κ3) is 4.33. The lowest BCUT2D eigenvalue weighted by Crippen LogP contribution is -2.41. The van der Waals surface area contributed by atoms with Crippen molar-refractivity contribution in [3.05, 3.63) is 198 Å². The number of hydrogen-bond donors (Lipinski definition) is 0. The first kappa shape index (κ1) is 29.8. The molecule has 1 spiro atoms. The van der Waals surface area contributed by atoms with Crippen LogP contribution in [0.2, 0.25) is 0 Å². The average Bonchev–Trinajstić information content (AvgIpc) is 3.62. The van der Waals surface area contributed by atoms with Gasteiger partial charge in [0.15, 0.2) is 0 Å². The Kier molecular flexibility index (Phi) is 7.37. The van der Waals surface area contributed by atoms with E-state index >= 15 is 0 Å². The molecule has 6 aromatic rings. The number of hydrogen-bond acceptors (Lipinski definition) is 1. The van der Waals surface area contributed by atoms with Crippen molar-refractivity contribution in [3.63, 3.8) is 0 Å². The second-order valence-electron chi connectivity index (χ2n) is 12.9. The molecule has 0 unspecified atom stereocenters. The van der Waals surface area contributed by atoms with Gasteiger partial charge in [0.2, 0.25) is 0 Å². The van der Waals surface area contributed by atoms with Crippen molar-refractivity contribution in [1.29, 1.82) is 0 Å². The zero-order chi connectivity index (χ0) is 32.8. The highest BCUT2D eigenvalue weighted by atomic mass is 15.1. The van der Waals surface area contributed by atoms with Gasteiger partial charge in [0.1, 0.15) is 0 Å². The van der Waals surface area contributed by atoms with Crippen LogP contribution in [-0.2, 0) is 5.41 Å². The molecule has 2 heterocycles. The van der Waals surface area contributed by atoms with Crippen LogP contribution in [0.5, 0.6) is 0 Å². The van der Waals surface area contributed by atoms with Crippen LogP contribution >= 0.6 is 0 Å². The molecular formula is C46H40N2. The minimum Gasteiger partial charge on any atom is -0.344 e. The van der Waals surface area contributed by atoms with Crippen LogP contribution in [-0.4, -0.2) is 16.5 Å². The smallest absolute Gasteiger partial charge is 0.0750 e. The lowest BCUT2D eigenvalue weighted by atomic mass is 9.62. The Hall–Kier alpha value is -5.60. The fourth-order valence-corrected chi connectivity index (χ4v) is 8.35. The van der Waals surface area contributed by atoms with E-state index in [-0.39, 0.29) is 5.41 Å². The Morgan fingerprint density at radius 2 is 1.31 bits per heavy atom. The predicted octanol–water partition coefficient (Wildman–Crippen LogP) is 11.6. The fraction of sp³-hybridized carbons (Fsp3) is 0.130. The van der Waals surface area contributed by atoms with Gasteiger partial charge in [0.25, 0.3) is 0 Å². The maximum Gasteiger partial charge on any atom is 0.0750 e. The molecule has 234 valence electrons. The topological polar surface area (TPSA) is 8.17 Å². The lowest BCUT2D eigenvalue weighted by molar-refractivity contribution is 0.474. The monoisotopic (exact) mass is 620 g/mol. The van der Waals surface area contributed by atoms with Crippen molar-refractivity contribution >= 4 is 21.8 Å². The van der Waals surface area contributed by atoms with Crippen LogP contribution in [0.25, 0.3) is 38.6 Å². The number of benzene rings is 5. The molecule has 48 heavy (non-hydrogen) atoms. The molecule has 0 amide bonds. The van der Waals surface area contributed by atoms with E-state index in [9.17, 15) is 0 Å². The number of aryl methyl sites for hydroxylation is 1. The SMILES string of the molecule is C=CC1=C(/C=C\C)C2(C3=CCCC=C3N1C)c1ccccc1-c1ccccc12.Cc1ccc2c(c1)c1ccccc1n2-c1ccccc1. The van der Waals surface area contributed by atoms with Crippen LogP contribution < -0.4 is 0 Å². The third-order valence-electron chi connectivity index (χ3n) is 10.3. The zero-order valence-electron chi connectivity index (χ0n) is 27.9. The average molecular weight is 621 g/mol. The summed E-state index contributed by atoms with van der Waals surface area (Å²) in [5, 5.41) is 2.64. The number of nitrogens with zero attached hydrogens (tertiary/aromatic N) is 2. The summed E-state index contributed by atoms with van der Waals surface area (Å²) in [5.74, 6) is 0. The Morgan fingerprint density at radius 1 is 0.688 bits per heavy atom. The first-order valence-corrected chi connectivity index (χ1v) is 17.0. The van der Waals surface area contributed by atoms with E-state index < -0.39 is 0 Å². The Morgan fingerprint density at radius 3 is 2.02 bits per heavy atom. The van der Waals surface area contributed by atoms with E-state index in [0.717, 1.165) is 12.8 Å². The van der Waals surface area contributed by atoms with E-state index in [2.05, 4.69) is 183 Å². The molecule has 1 aliphatic heterocycles. The summed E-state index contributed by atoms with van der Waals surface area (Å²) in [6.07, 6.45) is 13.5. The Bertz CT molecular complexity index is 2300. The molecule has 9 rings (SSSR count). The highest BCUT2D eigenvalue weighted by molar-refractivity contribution is 6.09. The van der Waals surface area contributed by atoms with Gasteiger partial charge in [-0.2, -0.15) is 0 Å². The molecular weight excluding hydrogens is 581 g/mol. The van der Waals surface area contributed by atoms with Crippen molar-refractivity contribution in [2.45, 2.75) is 32.1 Å². The van der Waals surface area contributed by atoms with Gasteiger partial charge in [-0.25, -0.2) is 0 Å². The molecule has 0 bridgehead atoms. The van der Waals surface area contributed by atoms with E-state index in [1.54, 1.807) is 0 Å². The highest BCUT2D eigenvalue weighted by Gasteiger charge is 2.52. The van der Waals surface area contributed by atoms with Gasteiger partial charge in [0.05, 0.1) is 16.4 Å². The molecule has 0 N–H and O–H groups in total. The second kappa shape index (κ2) is 11.9. The first-order valence-electron chi connectivity index (χ1n) is 17.0. The van der Waals surface area contributed by atoms with Crippen LogP contribution in [0.3, 0.4) is 0 Å². The molecule has 1 aromatic heterocycles. The van der Waals surface area contributed by atoms with Gasteiger partial charge in [-0.1, -0.05) is 127 Å². The van der Waals surface area contributed by atoms with E-state index in [1.165, 1.54) is 77.9 Å². The standard InChI is InChI=1S/C27H25N.C19H15N/c1-4-12-23-25(5-2)28(3)26-18-11-10-17-24(26)27(23)21-15-8-6-13-19(21)20-14-7-9-16-22(20)27;1-14-11-12-19-17(13-14)16-9-5-6-10-18(16)20(19)15-7-3-2-4-8-15/h4-9,12-18H,2,10-11H2,1,3H3;2-13H,1H3/b12-4-;. The second-order valence-corrected chi connectivity index (χ2v) is 12.9. The van der Waals surface area contributed by atoms with Gasteiger partial charge < -0.3 is 9.47 Å². The van der Waals surface area contributed by atoms with Gasteiger partial charge in [-0.3, -0.25) is 0 Å². The summed E-state index contributed by atoms with van der Waals surface area (Å²) >= 11 is 0. The first-order chi connectivity index (χ1) is 23.6. The normalized spacial score (nSPS) is 15.9. The number of aromatic nitrogens is 1. The van der Waals surface area contributed by atoms with Crippen molar-refractivity contribution in [2.24, 2.45) is 0 Å². The number of likely N-dealkylation sites (N-methyl/N-ethyl adjacent to an activating group) is 1. The number of rotatable bonds is 3. The Balaban J connectivity index is 0.000000148. The lowest BCUT2D eigenvalue weighted by Gasteiger charge is -2.47. The number of fused-ring (bicyclic) bond motifs is 10. The summed E-state index contributed by atoms with van der Waals surface area (Å²) in [6.45, 7) is 8.44. The largest absolute Gasteiger partial charge is 0.344 e. The number of allylic oxidation sites excluding steroid dienone is 7. The summed E-state index contributed by atoms with van der Waals surface area (Å²) in [6, 6.07) is 43.7. The molecule has 5 aromatic carbocycles. The third-order valence-corrected chi connectivity index (χ3v) is 10.3. The fourth-order valence-electron chi connectivity index (χ4n) is 8.35. The molecule has 0 saturated carbocycles. The van der Waals surface area contributed by atoms with Crippen molar-refractivity contribution < 1.29 is 0 Å². The maximum atomic E-state index is 4.19. The van der Waals surface area contributed by atoms with Crippen molar-refractivity contribution in [3.8, 4) is 16.8 Å². The summed E-state index contributed by atoms with van der Waals surface area (Å²) in [7, 11) is 2.17. The molecule has 0 radical (unpaired) electrons. The quantitative estimate of drug-likeness (QED) is 0.191. The van der Waals surface area contributed by atoms with Crippen LogP contribution in [0, 0.1) is 6.92 Å². The molecule has 0 fully saturated rings. The molecule has 2 aliphatic carbocycles. The van der Waals surface area contributed by atoms with Crippen LogP contribution in [0.15, 0.2) is 181 Å². The van der Waals surface area contributed by atoms with E-state index in [4.69, 9.17) is 0 Å². The Labute approximate surface area is 284 Å². The molecule has 0 saturated heterocycles. The van der Waals surface area contributed by atoms with Gasteiger partial charge in [0, 0.05) is 34.9 Å². The van der Waals surface area contributed by atoms with Crippen molar-refractivity contribution in [2.75, 3.05) is 7.05 Å². The summed E-state index contributed by atoms with van der Waals surface area (Å²) < 4.78 is 2.34. The predicted molar refractivity (Wildman–Crippen MR) is 203 cm³/mol. The van der Waals surface area contributed by atoms with Crippen molar-refractivity contribution in [1.82, 2.24) is 9.47 Å². The summed E-state index contributed by atoms with van der Waals surface area (Å²) in [5.41, 5.74) is 15.5. The highest BCUT2D eigenvalue weighted by Crippen LogP contribution is 2.61. The van der Waals surface area contributed by atoms with Gasteiger partial charge in [-0.15, -0.1) is 0 Å². The van der Waals surface area contributed by atoms with E-state index in [0.29, 0.717) is 0 Å². The van der Waals surface area contributed by atoms with Gasteiger partial charge >= 0.3 is 0 Å². The molecule has 3 aliphatic rings. The van der Waals surface area contributed by atoms with Crippen LogP contribution in [0.1, 0.15) is 36.5 Å². The van der Waals surface area contributed by atoms with E-state index in [1.807, 2.05) is 6.08 Å². The molecule has 2 nitrogen and oxygen atoms in total. The summed E-state index contributed by atoms with van der Waals surface area (Å²) in [4.78, 5) is 2.32. The van der Waals surface area contributed by atoms with Gasteiger partial charge in [-0.05, 0) is 96.5 Å². The minimum atomic E-state index is -0.276. The zero-order valence-corrected chi connectivity index (χ0v) is 27.9. The minimum absolute atomic E-state index is 0.276. The molecule has 2 heteroatoms.